The number of methoxy groups -OCH3 is 1. The molecule has 1 aromatic rings. The molecule has 0 bridgehead atoms. The Morgan fingerprint density at radius 1 is 1.65 bits per heavy atom. The van der Waals surface area contributed by atoms with Crippen molar-refractivity contribution in [1.82, 2.24) is 0 Å². The summed E-state index contributed by atoms with van der Waals surface area (Å²) in [6.45, 7) is 1.86. The van der Waals surface area contributed by atoms with Crippen LogP contribution in [0.3, 0.4) is 0 Å². The number of nitrogen functional groups attached to an aromatic ring is 1. The van der Waals surface area contributed by atoms with E-state index in [0.29, 0.717) is 23.4 Å². The Hall–Kier alpha value is -2.22. The second kappa shape index (κ2) is 5.75. The number of nitrogens with one attached hydrogen (secondary N) is 1. The van der Waals surface area contributed by atoms with Crippen LogP contribution < -0.4 is 11.1 Å². The van der Waals surface area contributed by atoms with Crippen molar-refractivity contribution in [3.63, 3.8) is 0 Å². The quantitative estimate of drug-likeness (QED) is 0.607. The molecule has 1 unspecified atom stereocenters. The highest BCUT2D eigenvalue weighted by molar-refractivity contribution is 5.82. The van der Waals surface area contributed by atoms with Gasteiger partial charge in [-0.2, -0.15) is 5.26 Å². The van der Waals surface area contributed by atoms with Crippen LogP contribution >= 0.6 is 0 Å². The maximum atomic E-state index is 11.4. The third-order valence-corrected chi connectivity index (χ3v) is 2.45. The largest absolute Gasteiger partial charge is 0.467 e. The lowest BCUT2D eigenvalue weighted by Crippen LogP contribution is -2.30. The molecule has 0 saturated heterocycles. The lowest BCUT2D eigenvalue weighted by molar-refractivity contribution is -0.141. The zero-order valence-corrected chi connectivity index (χ0v) is 9.86. The van der Waals surface area contributed by atoms with E-state index in [4.69, 9.17) is 11.0 Å². The number of nitrogens with zero attached hydrogens (tertiary/aromatic N) is 1. The van der Waals surface area contributed by atoms with E-state index in [1.165, 1.54) is 7.11 Å². The Labute approximate surface area is 100 Å². The smallest absolute Gasteiger partial charge is 0.328 e. The highest BCUT2D eigenvalue weighted by Crippen LogP contribution is 2.23. The molecular weight excluding hydrogens is 218 g/mol. The summed E-state index contributed by atoms with van der Waals surface area (Å²) in [7, 11) is 1.34. The fraction of sp³-hybridized carbons (Fsp3) is 0.333. The number of carbonyl (C=O) groups is 1. The maximum absolute atomic E-state index is 11.4. The molecule has 1 rings (SSSR count). The first-order chi connectivity index (χ1) is 8.13. The molecule has 3 N–H and O–H groups in total. The predicted octanol–water partition coefficient (Wildman–Crippen LogP) is 1.50. The molecule has 5 nitrogen and oxygen atoms in total. The number of hydrogen-bond donors (Lipinski definition) is 2. The standard InChI is InChI=1S/C12H15N3O2/c1-3-9(12(16)17-2)15-10-6-4-5-8(7-13)11(10)14/h4-6,9,15H,3,14H2,1-2H3. The van der Waals surface area contributed by atoms with Gasteiger partial charge in [0.1, 0.15) is 12.1 Å². The highest BCUT2D eigenvalue weighted by atomic mass is 16.5. The number of nitriles is 1. The summed E-state index contributed by atoms with van der Waals surface area (Å²) >= 11 is 0. The Bertz CT molecular complexity index is 452. The zero-order chi connectivity index (χ0) is 12.8. The summed E-state index contributed by atoms with van der Waals surface area (Å²) in [4.78, 5) is 11.4. The monoisotopic (exact) mass is 233 g/mol. The average molecular weight is 233 g/mol. The third-order valence-electron chi connectivity index (χ3n) is 2.45. The molecule has 0 aromatic heterocycles. The lowest BCUT2D eigenvalue weighted by atomic mass is 10.1. The fourth-order valence-electron chi connectivity index (χ4n) is 1.45. The number of hydrogen-bond acceptors (Lipinski definition) is 5. The summed E-state index contributed by atoms with van der Waals surface area (Å²) in [6.07, 6.45) is 0.572. The Balaban J connectivity index is 2.95. The van der Waals surface area contributed by atoms with E-state index in [1.54, 1.807) is 18.2 Å². The van der Waals surface area contributed by atoms with Gasteiger partial charge in [0.05, 0.1) is 24.0 Å². The van der Waals surface area contributed by atoms with E-state index in [0.717, 1.165) is 0 Å². The van der Waals surface area contributed by atoms with Crippen LogP contribution in [0.1, 0.15) is 18.9 Å². The van der Waals surface area contributed by atoms with Crippen LogP contribution in [-0.4, -0.2) is 19.1 Å². The second-order valence-corrected chi connectivity index (χ2v) is 3.51. The number of para-hydroxylation sites is 1. The topological polar surface area (TPSA) is 88.1 Å². The maximum Gasteiger partial charge on any atom is 0.328 e. The lowest BCUT2D eigenvalue weighted by Gasteiger charge is -2.17. The van der Waals surface area contributed by atoms with Crippen LogP contribution in [0.5, 0.6) is 0 Å². The van der Waals surface area contributed by atoms with Gasteiger partial charge in [0.15, 0.2) is 0 Å². The Morgan fingerprint density at radius 3 is 2.88 bits per heavy atom. The minimum atomic E-state index is -0.462. The molecule has 5 heteroatoms. The first kappa shape index (κ1) is 12.8. The SMILES string of the molecule is CCC(Nc1cccc(C#N)c1N)C(=O)OC. The zero-order valence-electron chi connectivity index (χ0n) is 9.86. The van der Waals surface area contributed by atoms with Gasteiger partial charge in [-0.05, 0) is 18.6 Å². The van der Waals surface area contributed by atoms with Gasteiger partial charge in [-0.25, -0.2) is 4.79 Å². The molecule has 0 saturated carbocycles. The van der Waals surface area contributed by atoms with Gasteiger partial charge >= 0.3 is 5.97 Å². The Kier molecular flexibility index (Phi) is 4.35. The number of ether oxygens (including phenoxy) is 1. The van der Waals surface area contributed by atoms with Gasteiger partial charge in [0, 0.05) is 0 Å². The molecule has 0 radical (unpaired) electrons. The van der Waals surface area contributed by atoms with Crippen molar-refractivity contribution < 1.29 is 9.53 Å². The molecule has 0 fully saturated rings. The number of benzene rings is 1. The second-order valence-electron chi connectivity index (χ2n) is 3.51. The molecule has 0 spiro atoms. The van der Waals surface area contributed by atoms with Gasteiger partial charge in [-0.1, -0.05) is 13.0 Å². The summed E-state index contributed by atoms with van der Waals surface area (Å²) in [5.74, 6) is -0.353. The summed E-state index contributed by atoms with van der Waals surface area (Å²) in [5.41, 5.74) is 7.10. The third kappa shape index (κ3) is 2.88. The van der Waals surface area contributed by atoms with Crippen LogP contribution in [0.15, 0.2) is 18.2 Å². The van der Waals surface area contributed by atoms with Crippen molar-refractivity contribution in [3.8, 4) is 6.07 Å². The summed E-state index contributed by atoms with van der Waals surface area (Å²) in [6, 6.07) is 6.59. The molecular formula is C12H15N3O2. The van der Waals surface area contributed by atoms with Gasteiger partial charge in [0.2, 0.25) is 0 Å². The van der Waals surface area contributed by atoms with Crippen molar-refractivity contribution in [3.05, 3.63) is 23.8 Å². The van der Waals surface area contributed by atoms with Crippen LogP contribution in [0.4, 0.5) is 11.4 Å². The normalized spacial score (nSPS) is 11.4. The molecule has 0 heterocycles. The van der Waals surface area contributed by atoms with E-state index >= 15 is 0 Å². The molecule has 0 amide bonds. The Morgan fingerprint density at radius 2 is 2.35 bits per heavy atom. The first-order valence-corrected chi connectivity index (χ1v) is 5.27. The molecule has 0 aliphatic rings. The number of esters is 1. The minimum absolute atomic E-state index is 0.345. The van der Waals surface area contributed by atoms with E-state index in [-0.39, 0.29) is 5.97 Å². The fourth-order valence-corrected chi connectivity index (χ4v) is 1.45. The summed E-state index contributed by atoms with van der Waals surface area (Å²) < 4.78 is 4.66. The van der Waals surface area contributed by atoms with Gasteiger partial charge in [0.25, 0.3) is 0 Å². The molecule has 17 heavy (non-hydrogen) atoms. The van der Waals surface area contributed by atoms with E-state index < -0.39 is 6.04 Å². The number of anilines is 2. The van der Waals surface area contributed by atoms with Gasteiger partial charge in [-0.3, -0.25) is 0 Å². The molecule has 90 valence electrons. The van der Waals surface area contributed by atoms with Crippen molar-refractivity contribution in [1.29, 1.82) is 5.26 Å². The van der Waals surface area contributed by atoms with Crippen molar-refractivity contribution >= 4 is 17.3 Å². The molecule has 1 atom stereocenters. The number of carbonyl (C=O) groups excluding carboxylic acids is 1. The molecule has 1 aromatic carbocycles. The van der Waals surface area contributed by atoms with Crippen molar-refractivity contribution in [2.24, 2.45) is 0 Å². The number of nitrogens with two attached hydrogens (primary N) is 1. The van der Waals surface area contributed by atoms with Gasteiger partial charge in [-0.15, -0.1) is 0 Å². The summed E-state index contributed by atoms with van der Waals surface area (Å²) in [5, 5.41) is 11.8. The molecule has 0 aliphatic carbocycles. The van der Waals surface area contributed by atoms with Crippen LogP contribution in [0, 0.1) is 11.3 Å². The van der Waals surface area contributed by atoms with Crippen LogP contribution in [0.25, 0.3) is 0 Å². The van der Waals surface area contributed by atoms with E-state index in [2.05, 4.69) is 10.1 Å². The van der Waals surface area contributed by atoms with Crippen molar-refractivity contribution in [2.75, 3.05) is 18.2 Å². The molecule has 0 aliphatic heterocycles. The van der Waals surface area contributed by atoms with Gasteiger partial charge < -0.3 is 15.8 Å². The average Bonchev–Trinajstić information content (AvgIpc) is 2.36. The van der Waals surface area contributed by atoms with Crippen LogP contribution in [-0.2, 0) is 9.53 Å². The minimum Gasteiger partial charge on any atom is -0.467 e. The predicted molar refractivity (Wildman–Crippen MR) is 65.3 cm³/mol. The van der Waals surface area contributed by atoms with E-state index in [1.807, 2.05) is 13.0 Å². The number of rotatable bonds is 4. The van der Waals surface area contributed by atoms with Crippen molar-refractivity contribution in [2.45, 2.75) is 19.4 Å². The highest BCUT2D eigenvalue weighted by Gasteiger charge is 2.17. The van der Waals surface area contributed by atoms with E-state index in [9.17, 15) is 4.79 Å². The first-order valence-electron chi connectivity index (χ1n) is 5.27. The van der Waals surface area contributed by atoms with Crippen LogP contribution in [0.2, 0.25) is 0 Å².